The number of nitrogens with zero attached hydrogens (tertiary/aromatic N) is 3. The van der Waals surface area contributed by atoms with E-state index in [2.05, 4.69) is 9.59 Å². The Kier molecular flexibility index (Phi) is 5.50. The van der Waals surface area contributed by atoms with Gasteiger partial charge in [-0.05, 0) is 31.3 Å². The van der Waals surface area contributed by atoms with Crippen molar-refractivity contribution in [1.29, 1.82) is 0 Å². The van der Waals surface area contributed by atoms with Crippen LogP contribution >= 0.6 is 11.5 Å². The van der Waals surface area contributed by atoms with E-state index in [-0.39, 0.29) is 12.0 Å². The van der Waals surface area contributed by atoms with Crippen LogP contribution < -0.4 is 0 Å². The number of carbonyl (C=O) groups excluding carboxylic acids is 1. The third-order valence-electron chi connectivity index (χ3n) is 2.47. The Morgan fingerprint density at radius 3 is 2.88 bits per heavy atom. The van der Waals surface area contributed by atoms with E-state index in [1.807, 2.05) is 6.92 Å². The molecule has 1 aromatic heterocycles. The van der Waals surface area contributed by atoms with Crippen molar-refractivity contribution in [2.24, 2.45) is 0 Å². The van der Waals surface area contributed by atoms with E-state index < -0.39 is 0 Å². The fourth-order valence-corrected chi connectivity index (χ4v) is 2.13. The van der Waals surface area contributed by atoms with E-state index in [4.69, 9.17) is 0 Å². The van der Waals surface area contributed by atoms with Crippen LogP contribution in [0.5, 0.6) is 0 Å². The topological polar surface area (TPSA) is 66.3 Å². The zero-order valence-electron chi connectivity index (χ0n) is 10.5. The van der Waals surface area contributed by atoms with Crippen molar-refractivity contribution in [3.8, 4) is 0 Å². The van der Waals surface area contributed by atoms with Gasteiger partial charge in [0.15, 0.2) is 0 Å². The minimum absolute atomic E-state index is 0.0518. The Labute approximate surface area is 106 Å². The maximum absolute atomic E-state index is 12.1. The predicted molar refractivity (Wildman–Crippen MR) is 67.2 cm³/mol. The van der Waals surface area contributed by atoms with Gasteiger partial charge in [0.25, 0.3) is 5.91 Å². The number of hydrogen-bond acceptors (Lipinski definition) is 5. The number of hydrogen-bond donors (Lipinski definition) is 1. The lowest BCUT2D eigenvalue weighted by Gasteiger charge is -2.17. The molecule has 0 radical (unpaired) electrons. The van der Waals surface area contributed by atoms with Crippen molar-refractivity contribution in [2.45, 2.75) is 39.2 Å². The zero-order chi connectivity index (χ0) is 12.8. The smallest absolute Gasteiger partial charge is 0.267 e. The Balaban J connectivity index is 2.64. The SMILES string of the molecule is CCCc1nnsc1C(=O)N(C)CCC(C)O. The maximum Gasteiger partial charge on any atom is 0.267 e. The van der Waals surface area contributed by atoms with E-state index >= 15 is 0 Å². The van der Waals surface area contributed by atoms with Gasteiger partial charge < -0.3 is 10.0 Å². The van der Waals surface area contributed by atoms with Gasteiger partial charge in [-0.2, -0.15) is 0 Å². The zero-order valence-corrected chi connectivity index (χ0v) is 11.3. The molecule has 1 unspecified atom stereocenters. The lowest BCUT2D eigenvalue weighted by Crippen LogP contribution is -2.29. The Bertz CT molecular complexity index is 365. The number of carbonyl (C=O) groups is 1. The molecule has 0 aromatic carbocycles. The molecular weight excluding hydrogens is 238 g/mol. The van der Waals surface area contributed by atoms with Crippen LogP contribution in [0, 0.1) is 0 Å². The number of aliphatic hydroxyl groups excluding tert-OH is 1. The van der Waals surface area contributed by atoms with Gasteiger partial charge in [0, 0.05) is 13.6 Å². The van der Waals surface area contributed by atoms with Gasteiger partial charge in [0.2, 0.25) is 0 Å². The summed E-state index contributed by atoms with van der Waals surface area (Å²) in [5.74, 6) is -0.0518. The molecule has 0 bridgehead atoms. The number of aromatic nitrogens is 2. The van der Waals surface area contributed by atoms with Crippen LogP contribution in [0.3, 0.4) is 0 Å². The molecule has 1 atom stereocenters. The summed E-state index contributed by atoms with van der Waals surface area (Å²) in [6.45, 7) is 4.31. The Hall–Kier alpha value is -1.01. The second-order valence-corrected chi connectivity index (χ2v) is 4.92. The van der Waals surface area contributed by atoms with Crippen LogP contribution in [0.1, 0.15) is 42.1 Å². The van der Waals surface area contributed by atoms with Crippen molar-refractivity contribution in [2.75, 3.05) is 13.6 Å². The largest absolute Gasteiger partial charge is 0.393 e. The minimum atomic E-state index is -0.389. The summed E-state index contributed by atoms with van der Waals surface area (Å²) in [5, 5.41) is 13.2. The van der Waals surface area contributed by atoms with Crippen molar-refractivity contribution >= 4 is 17.4 Å². The number of amides is 1. The Morgan fingerprint density at radius 2 is 2.29 bits per heavy atom. The molecule has 1 rings (SSSR count). The molecular formula is C11H19N3O2S. The molecule has 17 heavy (non-hydrogen) atoms. The van der Waals surface area contributed by atoms with E-state index in [1.165, 1.54) is 0 Å². The molecule has 6 heteroatoms. The first-order valence-corrected chi connectivity index (χ1v) is 6.58. The number of aliphatic hydroxyl groups is 1. The van der Waals surface area contributed by atoms with E-state index in [1.54, 1.807) is 18.9 Å². The van der Waals surface area contributed by atoms with E-state index in [9.17, 15) is 9.90 Å². The first-order chi connectivity index (χ1) is 8.06. The third kappa shape index (κ3) is 4.05. The quantitative estimate of drug-likeness (QED) is 0.835. The molecule has 1 aromatic rings. The summed E-state index contributed by atoms with van der Waals surface area (Å²) in [6.07, 6.45) is 1.92. The highest BCUT2D eigenvalue weighted by molar-refractivity contribution is 7.07. The lowest BCUT2D eigenvalue weighted by molar-refractivity contribution is 0.0772. The monoisotopic (exact) mass is 257 g/mol. The number of rotatable bonds is 6. The molecule has 96 valence electrons. The van der Waals surface area contributed by atoms with Gasteiger partial charge in [-0.25, -0.2) is 0 Å². The highest BCUT2D eigenvalue weighted by Crippen LogP contribution is 2.15. The molecule has 0 saturated carbocycles. The average molecular weight is 257 g/mol. The van der Waals surface area contributed by atoms with Crippen LogP contribution in [0.4, 0.5) is 0 Å². The third-order valence-corrected chi connectivity index (χ3v) is 3.22. The highest BCUT2D eigenvalue weighted by Gasteiger charge is 2.19. The van der Waals surface area contributed by atoms with Crippen LogP contribution in [0.15, 0.2) is 0 Å². The number of aryl methyl sites for hydroxylation is 1. The van der Waals surface area contributed by atoms with Crippen molar-refractivity contribution in [3.05, 3.63) is 10.6 Å². The first-order valence-electron chi connectivity index (χ1n) is 5.81. The van der Waals surface area contributed by atoms with Gasteiger partial charge >= 0.3 is 0 Å². The summed E-state index contributed by atoms with van der Waals surface area (Å²) in [6, 6.07) is 0. The minimum Gasteiger partial charge on any atom is -0.393 e. The lowest BCUT2D eigenvalue weighted by atomic mass is 10.2. The summed E-state index contributed by atoms with van der Waals surface area (Å²) in [7, 11) is 1.74. The van der Waals surface area contributed by atoms with E-state index in [0.717, 1.165) is 30.1 Å². The summed E-state index contributed by atoms with van der Waals surface area (Å²) in [5.41, 5.74) is 0.784. The molecule has 0 aliphatic carbocycles. The summed E-state index contributed by atoms with van der Waals surface area (Å²) < 4.78 is 3.83. The molecule has 0 aliphatic heterocycles. The molecule has 1 heterocycles. The fraction of sp³-hybridized carbons (Fsp3) is 0.727. The molecule has 0 aliphatic rings. The fourth-order valence-electron chi connectivity index (χ4n) is 1.43. The van der Waals surface area contributed by atoms with Crippen LogP contribution in [0.25, 0.3) is 0 Å². The van der Waals surface area contributed by atoms with Crippen molar-refractivity contribution in [1.82, 2.24) is 14.5 Å². The van der Waals surface area contributed by atoms with Crippen molar-refractivity contribution < 1.29 is 9.90 Å². The van der Waals surface area contributed by atoms with Gasteiger partial charge in [-0.1, -0.05) is 17.8 Å². The average Bonchev–Trinajstić information content (AvgIpc) is 2.73. The normalized spacial score (nSPS) is 12.5. The van der Waals surface area contributed by atoms with E-state index in [0.29, 0.717) is 17.8 Å². The molecule has 1 N–H and O–H groups in total. The van der Waals surface area contributed by atoms with Gasteiger partial charge in [-0.15, -0.1) is 5.10 Å². The molecule has 5 nitrogen and oxygen atoms in total. The van der Waals surface area contributed by atoms with Gasteiger partial charge in [0.1, 0.15) is 4.88 Å². The Morgan fingerprint density at radius 1 is 1.59 bits per heavy atom. The molecule has 0 saturated heterocycles. The van der Waals surface area contributed by atoms with Crippen molar-refractivity contribution in [3.63, 3.8) is 0 Å². The summed E-state index contributed by atoms with van der Waals surface area (Å²) in [4.78, 5) is 14.3. The second kappa shape index (κ2) is 6.66. The molecule has 0 fully saturated rings. The van der Waals surface area contributed by atoms with Crippen LogP contribution in [-0.4, -0.2) is 45.2 Å². The van der Waals surface area contributed by atoms with Crippen LogP contribution in [0.2, 0.25) is 0 Å². The molecule has 0 spiro atoms. The van der Waals surface area contributed by atoms with Crippen LogP contribution in [-0.2, 0) is 6.42 Å². The summed E-state index contributed by atoms with van der Waals surface area (Å²) >= 11 is 1.15. The molecule has 1 amide bonds. The second-order valence-electron chi connectivity index (χ2n) is 4.16. The van der Waals surface area contributed by atoms with Gasteiger partial charge in [0.05, 0.1) is 11.8 Å². The standard InChI is InChI=1S/C11H19N3O2S/c1-4-5-9-10(17-13-12-9)11(16)14(3)7-6-8(2)15/h8,15H,4-7H2,1-3H3. The first kappa shape index (κ1) is 14.1. The highest BCUT2D eigenvalue weighted by atomic mass is 32.1. The predicted octanol–water partition coefficient (Wildman–Crippen LogP) is 1.33. The maximum atomic E-state index is 12.1. The van der Waals surface area contributed by atoms with Gasteiger partial charge in [-0.3, -0.25) is 4.79 Å².